The second-order valence-electron chi connectivity index (χ2n) is 3.84. The van der Waals surface area contributed by atoms with Crippen LogP contribution in [0.3, 0.4) is 0 Å². The second kappa shape index (κ2) is 5.54. The van der Waals surface area contributed by atoms with Crippen LogP contribution in [-0.2, 0) is 9.53 Å². The standard InChI is InChI=1S/C9H14N6O3/c1-18-6-7(16)14-2-4-15(5-3-14)9(17)8-10-12-13-11-8/h2-6H2,1H3,(H,10,11,12,13). The van der Waals surface area contributed by atoms with Gasteiger partial charge < -0.3 is 14.5 Å². The van der Waals surface area contributed by atoms with Crippen molar-refractivity contribution < 1.29 is 14.3 Å². The van der Waals surface area contributed by atoms with E-state index in [-0.39, 0.29) is 24.2 Å². The fourth-order valence-corrected chi connectivity index (χ4v) is 1.77. The first-order valence-electron chi connectivity index (χ1n) is 5.52. The van der Waals surface area contributed by atoms with Gasteiger partial charge in [0.1, 0.15) is 6.61 Å². The Kier molecular flexibility index (Phi) is 3.82. The number of hydrogen-bond donors (Lipinski definition) is 1. The number of aromatic amines is 1. The van der Waals surface area contributed by atoms with Crippen molar-refractivity contribution >= 4 is 11.8 Å². The van der Waals surface area contributed by atoms with Crippen molar-refractivity contribution in [3.05, 3.63) is 5.82 Å². The van der Waals surface area contributed by atoms with Crippen LogP contribution >= 0.6 is 0 Å². The molecular weight excluding hydrogens is 240 g/mol. The number of rotatable bonds is 3. The van der Waals surface area contributed by atoms with Crippen molar-refractivity contribution in [2.75, 3.05) is 39.9 Å². The molecular formula is C9H14N6O3. The van der Waals surface area contributed by atoms with Gasteiger partial charge in [-0.3, -0.25) is 9.59 Å². The van der Waals surface area contributed by atoms with Crippen LogP contribution < -0.4 is 0 Å². The Hall–Kier alpha value is -2.03. The van der Waals surface area contributed by atoms with Gasteiger partial charge in [0.05, 0.1) is 0 Å². The summed E-state index contributed by atoms with van der Waals surface area (Å²) >= 11 is 0. The molecule has 0 spiro atoms. The van der Waals surface area contributed by atoms with Crippen LogP contribution in [0.4, 0.5) is 0 Å². The lowest BCUT2D eigenvalue weighted by molar-refractivity contribution is -0.136. The number of H-pyrrole nitrogens is 1. The lowest BCUT2D eigenvalue weighted by Gasteiger charge is -2.33. The highest BCUT2D eigenvalue weighted by atomic mass is 16.5. The average Bonchev–Trinajstić information content (AvgIpc) is 2.92. The molecule has 0 atom stereocenters. The lowest BCUT2D eigenvalue weighted by atomic mass is 10.3. The number of nitrogens with zero attached hydrogens (tertiary/aromatic N) is 5. The number of nitrogens with one attached hydrogen (secondary N) is 1. The molecule has 9 heteroatoms. The molecule has 0 saturated carbocycles. The first-order chi connectivity index (χ1) is 8.72. The molecule has 2 rings (SSSR count). The first-order valence-corrected chi connectivity index (χ1v) is 5.52. The van der Waals surface area contributed by atoms with Gasteiger partial charge in [0.25, 0.3) is 11.7 Å². The number of carbonyl (C=O) groups is 2. The Morgan fingerprint density at radius 1 is 1.28 bits per heavy atom. The van der Waals surface area contributed by atoms with E-state index in [2.05, 4.69) is 20.6 Å². The van der Waals surface area contributed by atoms with Gasteiger partial charge in [0, 0.05) is 33.3 Å². The number of carbonyl (C=O) groups excluding carboxylic acids is 2. The molecule has 1 N–H and O–H groups in total. The van der Waals surface area contributed by atoms with Crippen LogP contribution in [0.5, 0.6) is 0 Å². The largest absolute Gasteiger partial charge is 0.375 e. The van der Waals surface area contributed by atoms with Crippen molar-refractivity contribution in [3.8, 4) is 0 Å². The summed E-state index contributed by atoms with van der Waals surface area (Å²) < 4.78 is 4.79. The Morgan fingerprint density at radius 3 is 2.50 bits per heavy atom. The summed E-state index contributed by atoms with van der Waals surface area (Å²) in [6.07, 6.45) is 0. The first kappa shape index (κ1) is 12.4. The summed E-state index contributed by atoms with van der Waals surface area (Å²) in [6.45, 7) is 1.97. The zero-order valence-electron chi connectivity index (χ0n) is 10.00. The van der Waals surface area contributed by atoms with Crippen LogP contribution in [0.25, 0.3) is 0 Å². The lowest BCUT2D eigenvalue weighted by Crippen LogP contribution is -2.51. The molecule has 1 fully saturated rings. The normalized spacial score (nSPS) is 15.8. The molecule has 1 saturated heterocycles. The maximum absolute atomic E-state index is 11.9. The van der Waals surface area contributed by atoms with Gasteiger partial charge in [-0.25, -0.2) is 0 Å². The van der Waals surface area contributed by atoms with E-state index in [1.165, 1.54) is 7.11 Å². The minimum atomic E-state index is -0.275. The summed E-state index contributed by atoms with van der Waals surface area (Å²) in [5.41, 5.74) is 0. The predicted molar refractivity (Wildman–Crippen MR) is 58.5 cm³/mol. The summed E-state index contributed by atoms with van der Waals surface area (Å²) in [5.74, 6) is -0.293. The Balaban J connectivity index is 1.87. The highest BCUT2D eigenvalue weighted by Crippen LogP contribution is 2.05. The van der Waals surface area contributed by atoms with Gasteiger partial charge in [-0.2, -0.15) is 5.21 Å². The van der Waals surface area contributed by atoms with Gasteiger partial charge in [0.15, 0.2) is 0 Å². The highest BCUT2D eigenvalue weighted by Gasteiger charge is 2.26. The molecule has 1 aromatic rings. The smallest absolute Gasteiger partial charge is 0.295 e. The van der Waals surface area contributed by atoms with Crippen LogP contribution in [-0.4, -0.2) is 82.1 Å². The van der Waals surface area contributed by atoms with Crippen molar-refractivity contribution in [1.82, 2.24) is 30.4 Å². The fourth-order valence-electron chi connectivity index (χ4n) is 1.77. The van der Waals surface area contributed by atoms with Crippen LogP contribution in [0.1, 0.15) is 10.6 Å². The van der Waals surface area contributed by atoms with Gasteiger partial charge in [-0.05, 0) is 5.21 Å². The van der Waals surface area contributed by atoms with E-state index < -0.39 is 0 Å². The Morgan fingerprint density at radius 2 is 1.94 bits per heavy atom. The van der Waals surface area contributed by atoms with E-state index >= 15 is 0 Å². The summed E-state index contributed by atoms with van der Waals surface area (Å²) in [7, 11) is 1.48. The van der Waals surface area contributed by atoms with Gasteiger partial charge in [0.2, 0.25) is 5.91 Å². The summed E-state index contributed by atoms with van der Waals surface area (Å²) in [6, 6.07) is 0. The van der Waals surface area contributed by atoms with Crippen LogP contribution in [0.2, 0.25) is 0 Å². The third-order valence-electron chi connectivity index (χ3n) is 2.72. The Bertz CT molecular complexity index is 412. The summed E-state index contributed by atoms with van der Waals surface area (Å²) in [4.78, 5) is 26.7. The molecule has 1 aliphatic rings. The molecule has 1 aliphatic heterocycles. The molecule has 0 aliphatic carbocycles. The molecule has 2 heterocycles. The zero-order chi connectivity index (χ0) is 13.0. The number of piperazine rings is 1. The minimum absolute atomic E-state index is 0.0478. The molecule has 98 valence electrons. The fraction of sp³-hybridized carbons (Fsp3) is 0.667. The molecule has 1 aromatic heterocycles. The average molecular weight is 254 g/mol. The zero-order valence-corrected chi connectivity index (χ0v) is 10.00. The second-order valence-corrected chi connectivity index (χ2v) is 3.84. The molecule has 0 unspecified atom stereocenters. The van der Waals surface area contributed by atoms with E-state index in [1.54, 1.807) is 9.80 Å². The molecule has 9 nitrogen and oxygen atoms in total. The van der Waals surface area contributed by atoms with E-state index in [0.717, 1.165) is 0 Å². The minimum Gasteiger partial charge on any atom is -0.375 e. The third-order valence-corrected chi connectivity index (χ3v) is 2.72. The van der Waals surface area contributed by atoms with E-state index in [1.807, 2.05) is 0 Å². The molecule has 18 heavy (non-hydrogen) atoms. The summed E-state index contributed by atoms with van der Waals surface area (Å²) in [5, 5.41) is 12.8. The maximum Gasteiger partial charge on any atom is 0.295 e. The Labute approximate surface area is 103 Å². The highest BCUT2D eigenvalue weighted by molar-refractivity contribution is 5.90. The van der Waals surface area contributed by atoms with E-state index in [4.69, 9.17) is 4.74 Å². The van der Waals surface area contributed by atoms with Crippen LogP contribution in [0.15, 0.2) is 0 Å². The number of amides is 2. The topological polar surface area (TPSA) is 104 Å². The van der Waals surface area contributed by atoms with Crippen molar-refractivity contribution in [2.24, 2.45) is 0 Å². The van der Waals surface area contributed by atoms with Gasteiger partial charge >= 0.3 is 0 Å². The maximum atomic E-state index is 11.9. The van der Waals surface area contributed by atoms with Crippen molar-refractivity contribution in [1.29, 1.82) is 0 Å². The van der Waals surface area contributed by atoms with Crippen molar-refractivity contribution in [2.45, 2.75) is 0 Å². The van der Waals surface area contributed by atoms with Gasteiger partial charge in [-0.1, -0.05) is 0 Å². The third kappa shape index (κ3) is 2.62. The number of methoxy groups -OCH3 is 1. The number of tetrazole rings is 1. The molecule has 2 amide bonds. The monoisotopic (exact) mass is 254 g/mol. The number of aromatic nitrogens is 4. The molecule has 0 radical (unpaired) electrons. The number of hydrogen-bond acceptors (Lipinski definition) is 6. The number of ether oxygens (including phenoxy) is 1. The van der Waals surface area contributed by atoms with E-state index in [0.29, 0.717) is 26.2 Å². The molecule has 0 aromatic carbocycles. The van der Waals surface area contributed by atoms with Gasteiger partial charge in [-0.15, -0.1) is 10.2 Å². The van der Waals surface area contributed by atoms with Crippen LogP contribution in [0, 0.1) is 0 Å². The SMILES string of the molecule is COCC(=O)N1CCN(C(=O)c2nn[nH]n2)CC1. The predicted octanol–water partition coefficient (Wildman–Crippen LogP) is -1.87. The van der Waals surface area contributed by atoms with E-state index in [9.17, 15) is 9.59 Å². The molecule has 0 bridgehead atoms. The quantitative estimate of drug-likeness (QED) is 0.677. The van der Waals surface area contributed by atoms with Crippen molar-refractivity contribution in [3.63, 3.8) is 0 Å².